The van der Waals surface area contributed by atoms with Crippen LogP contribution in [-0.4, -0.2) is 13.2 Å². The third kappa shape index (κ3) is 4.97. The average molecular weight is 281 g/mol. The second kappa shape index (κ2) is 6.56. The molecule has 0 aliphatic rings. The van der Waals surface area contributed by atoms with Crippen molar-refractivity contribution < 1.29 is 5.11 Å². The fourth-order valence-electron chi connectivity index (χ4n) is 1.74. The number of aliphatic hydroxyl groups excluding tert-OH is 1. The fourth-order valence-corrected chi connectivity index (χ4v) is 3.54. The molecule has 0 radical (unpaired) electrons. The Kier molecular flexibility index (Phi) is 5.65. The first-order valence-electron chi connectivity index (χ1n) is 6.60. The van der Waals surface area contributed by atoms with Crippen LogP contribution in [0.25, 0.3) is 0 Å². The van der Waals surface area contributed by atoms with Crippen LogP contribution in [0.4, 0.5) is 0 Å². The number of hydrogen-bond donors (Lipinski definition) is 1. The molecule has 0 aliphatic heterocycles. The van der Waals surface area contributed by atoms with Gasteiger partial charge < -0.3 is 5.11 Å². The fraction of sp³-hybridized carbons (Fsp3) is 0.600. The van der Waals surface area contributed by atoms with Crippen molar-refractivity contribution in [2.75, 3.05) is 0 Å². The van der Waals surface area contributed by atoms with E-state index in [-0.39, 0.29) is 6.10 Å². The summed E-state index contributed by atoms with van der Waals surface area (Å²) in [5.41, 5.74) is 4.70. The zero-order valence-electron chi connectivity index (χ0n) is 12.1. The smallest absolute Gasteiger partial charge is 0.129 e. The third-order valence-electron chi connectivity index (χ3n) is 2.76. The SMILES string of the molecule is CCc1cc(C(O)CCC#C[Si](C)(C)C)sc1C. The van der Waals surface area contributed by atoms with Gasteiger partial charge in [-0.05, 0) is 31.4 Å². The first kappa shape index (κ1) is 15.5. The zero-order valence-corrected chi connectivity index (χ0v) is 13.9. The van der Waals surface area contributed by atoms with Gasteiger partial charge in [0.2, 0.25) is 0 Å². The predicted octanol–water partition coefficient (Wildman–Crippen LogP) is 4.31. The molecule has 1 unspecified atom stereocenters. The van der Waals surface area contributed by atoms with Crippen molar-refractivity contribution in [3.8, 4) is 11.5 Å². The van der Waals surface area contributed by atoms with Gasteiger partial charge in [-0.2, -0.15) is 0 Å². The van der Waals surface area contributed by atoms with Gasteiger partial charge in [0.15, 0.2) is 0 Å². The van der Waals surface area contributed by atoms with Gasteiger partial charge in [-0.1, -0.05) is 26.6 Å². The van der Waals surface area contributed by atoms with E-state index in [9.17, 15) is 5.11 Å². The van der Waals surface area contributed by atoms with Gasteiger partial charge in [0.25, 0.3) is 0 Å². The van der Waals surface area contributed by atoms with Gasteiger partial charge in [0.05, 0.1) is 6.10 Å². The Labute approximate surface area is 116 Å². The molecule has 18 heavy (non-hydrogen) atoms. The standard InChI is InChI=1S/C15H24OSSi/c1-6-13-11-15(17-12(13)2)14(16)9-7-8-10-18(3,4)5/h11,14,16H,6-7,9H2,1-5H3. The molecule has 0 bridgehead atoms. The summed E-state index contributed by atoms with van der Waals surface area (Å²) in [6, 6.07) is 2.15. The van der Waals surface area contributed by atoms with Crippen LogP contribution in [0.15, 0.2) is 6.07 Å². The van der Waals surface area contributed by atoms with E-state index in [4.69, 9.17) is 0 Å². The average Bonchev–Trinajstić information content (AvgIpc) is 2.64. The minimum Gasteiger partial charge on any atom is -0.388 e. The molecule has 100 valence electrons. The molecule has 1 heterocycles. The Hall–Kier alpha value is -0.563. The molecular formula is C15H24OSSi. The van der Waals surface area contributed by atoms with Crippen LogP contribution in [0.2, 0.25) is 19.6 Å². The Morgan fingerprint density at radius 1 is 1.39 bits per heavy atom. The maximum Gasteiger partial charge on any atom is 0.129 e. The van der Waals surface area contributed by atoms with Gasteiger partial charge in [-0.25, -0.2) is 0 Å². The molecule has 1 aromatic heterocycles. The van der Waals surface area contributed by atoms with E-state index in [1.807, 2.05) is 0 Å². The molecule has 1 atom stereocenters. The molecule has 0 fully saturated rings. The molecule has 0 saturated heterocycles. The molecule has 0 aromatic carbocycles. The van der Waals surface area contributed by atoms with Gasteiger partial charge in [0, 0.05) is 16.2 Å². The van der Waals surface area contributed by atoms with E-state index in [0.717, 1.165) is 24.1 Å². The van der Waals surface area contributed by atoms with Gasteiger partial charge in [-0.15, -0.1) is 22.8 Å². The number of rotatable bonds is 4. The molecule has 1 N–H and O–H groups in total. The van der Waals surface area contributed by atoms with Gasteiger partial charge in [-0.3, -0.25) is 0 Å². The van der Waals surface area contributed by atoms with Crippen LogP contribution >= 0.6 is 11.3 Å². The van der Waals surface area contributed by atoms with Gasteiger partial charge in [0.1, 0.15) is 8.07 Å². The van der Waals surface area contributed by atoms with E-state index in [1.165, 1.54) is 10.4 Å². The highest BCUT2D eigenvalue weighted by Crippen LogP contribution is 2.29. The van der Waals surface area contributed by atoms with E-state index in [2.05, 4.69) is 51.0 Å². The topological polar surface area (TPSA) is 20.2 Å². The maximum absolute atomic E-state index is 10.1. The lowest BCUT2D eigenvalue weighted by Gasteiger charge is -2.06. The van der Waals surface area contributed by atoms with Crippen LogP contribution in [0.3, 0.4) is 0 Å². The molecular weight excluding hydrogens is 256 g/mol. The zero-order chi connectivity index (χ0) is 13.8. The molecule has 3 heteroatoms. The summed E-state index contributed by atoms with van der Waals surface area (Å²) >= 11 is 1.72. The normalized spacial score (nSPS) is 13.0. The first-order valence-corrected chi connectivity index (χ1v) is 10.9. The summed E-state index contributed by atoms with van der Waals surface area (Å²) in [7, 11) is -1.26. The van der Waals surface area contributed by atoms with Crippen molar-refractivity contribution in [2.45, 2.75) is 58.9 Å². The maximum atomic E-state index is 10.1. The number of thiophene rings is 1. The minimum absolute atomic E-state index is 0.343. The Balaban J connectivity index is 2.54. The molecule has 0 spiro atoms. The highest BCUT2D eigenvalue weighted by atomic mass is 32.1. The summed E-state index contributed by atoms with van der Waals surface area (Å²) in [4.78, 5) is 2.43. The number of aliphatic hydroxyl groups is 1. The summed E-state index contributed by atoms with van der Waals surface area (Å²) in [5, 5.41) is 10.1. The molecule has 0 amide bonds. The van der Waals surface area contributed by atoms with E-state index < -0.39 is 8.07 Å². The molecule has 1 nitrogen and oxygen atoms in total. The molecule has 0 aliphatic carbocycles. The van der Waals surface area contributed by atoms with Crippen molar-refractivity contribution in [1.82, 2.24) is 0 Å². The Morgan fingerprint density at radius 2 is 2.06 bits per heavy atom. The lowest BCUT2D eigenvalue weighted by atomic mass is 10.1. The van der Waals surface area contributed by atoms with Gasteiger partial charge >= 0.3 is 0 Å². The van der Waals surface area contributed by atoms with Crippen LogP contribution in [-0.2, 0) is 6.42 Å². The van der Waals surface area contributed by atoms with E-state index in [1.54, 1.807) is 11.3 Å². The van der Waals surface area contributed by atoms with Crippen molar-refractivity contribution in [2.24, 2.45) is 0 Å². The first-order chi connectivity index (χ1) is 8.33. The van der Waals surface area contributed by atoms with Crippen LogP contribution in [0, 0.1) is 18.4 Å². The van der Waals surface area contributed by atoms with Crippen LogP contribution in [0.5, 0.6) is 0 Å². The van der Waals surface area contributed by atoms with Crippen molar-refractivity contribution in [3.63, 3.8) is 0 Å². The Morgan fingerprint density at radius 3 is 2.56 bits per heavy atom. The monoisotopic (exact) mass is 280 g/mol. The van der Waals surface area contributed by atoms with Crippen LogP contribution < -0.4 is 0 Å². The highest BCUT2D eigenvalue weighted by molar-refractivity contribution is 7.12. The highest BCUT2D eigenvalue weighted by Gasteiger charge is 2.12. The molecule has 0 saturated carbocycles. The summed E-state index contributed by atoms with van der Waals surface area (Å²) < 4.78 is 0. The summed E-state index contributed by atoms with van der Waals surface area (Å²) in [6.07, 6.45) is 2.25. The number of hydrogen-bond acceptors (Lipinski definition) is 2. The lowest BCUT2D eigenvalue weighted by molar-refractivity contribution is 0.173. The second-order valence-corrected chi connectivity index (χ2v) is 11.7. The second-order valence-electron chi connectivity index (χ2n) is 5.69. The third-order valence-corrected chi connectivity index (χ3v) is 4.88. The predicted molar refractivity (Wildman–Crippen MR) is 83.7 cm³/mol. The Bertz CT molecular complexity index is 445. The summed E-state index contributed by atoms with van der Waals surface area (Å²) in [6.45, 7) is 11.0. The molecule has 1 aromatic rings. The van der Waals surface area contributed by atoms with Crippen LogP contribution in [0.1, 0.15) is 41.2 Å². The number of aryl methyl sites for hydroxylation is 2. The van der Waals surface area contributed by atoms with Crippen molar-refractivity contribution >= 4 is 19.4 Å². The van der Waals surface area contributed by atoms with Crippen molar-refractivity contribution in [1.29, 1.82) is 0 Å². The van der Waals surface area contributed by atoms with Crippen molar-refractivity contribution in [3.05, 3.63) is 21.4 Å². The minimum atomic E-state index is -1.26. The van der Waals surface area contributed by atoms with E-state index >= 15 is 0 Å². The molecule has 1 rings (SSSR count). The lowest BCUT2D eigenvalue weighted by Crippen LogP contribution is -2.16. The quantitative estimate of drug-likeness (QED) is 0.643. The van der Waals surface area contributed by atoms with E-state index in [0.29, 0.717) is 0 Å². The summed E-state index contributed by atoms with van der Waals surface area (Å²) in [5.74, 6) is 3.22. The largest absolute Gasteiger partial charge is 0.388 e.